The zero-order valence-corrected chi connectivity index (χ0v) is 14.4. The lowest BCUT2D eigenvalue weighted by Gasteiger charge is -2.13. The average molecular weight is 343 g/mol. The number of hydrogen-bond donors (Lipinski definition) is 2. The SMILES string of the molecule is COc1cc(C)c(NC(=O)Nc2nc3ccccc3s2)cc1OC. The van der Waals surface area contributed by atoms with Gasteiger partial charge in [-0.15, -0.1) is 0 Å². The Morgan fingerprint density at radius 3 is 2.50 bits per heavy atom. The number of hydrogen-bond acceptors (Lipinski definition) is 5. The highest BCUT2D eigenvalue weighted by atomic mass is 32.1. The molecule has 3 aromatic rings. The first-order valence-corrected chi connectivity index (χ1v) is 8.08. The molecule has 0 atom stereocenters. The molecule has 0 bridgehead atoms. The Hall–Kier alpha value is -2.80. The van der Waals surface area contributed by atoms with E-state index < -0.39 is 0 Å². The zero-order chi connectivity index (χ0) is 17.1. The third-order valence-corrected chi connectivity index (χ3v) is 4.44. The molecule has 6 nitrogen and oxygen atoms in total. The van der Waals surface area contributed by atoms with Crippen molar-refractivity contribution in [1.82, 2.24) is 4.98 Å². The first kappa shape index (κ1) is 16.1. The van der Waals surface area contributed by atoms with Crippen LogP contribution in [0.15, 0.2) is 36.4 Å². The fraction of sp³-hybridized carbons (Fsp3) is 0.176. The molecule has 0 aliphatic carbocycles. The quantitative estimate of drug-likeness (QED) is 0.742. The second-order valence-corrected chi connectivity index (χ2v) is 6.12. The monoisotopic (exact) mass is 343 g/mol. The van der Waals surface area contributed by atoms with Gasteiger partial charge in [0.05, 0.1) is 24.4 Å². The summed E-state index contributed by atoms with van der Waals surface area (Å²) in [7, 11) is 3.13. The Kier molecular flexibility index (Phi) is 4.52. The normalized spacial score (nSPS) is 10.5. The Balaban J connectivity index is 1.77. The predicted octanol–water partition coefficient (Wildman–Crippen LogP) is 4.27. The highest BCUT2D eigenvalue weighted by Gasteiger charge is 2.12. The van der Waals surface area contributed by atoms with E-state index in [1.165, 1.54) is 11.3 Å². The van der Waals surface area contributed by atoms with E-state index in [0.29, 0.717) is 22.3 Å². The van der Waals surface area contributed by atoms with E-state index in [2.05, 4.69) is 15.6 Å². The molecule has 0 aliphatic heterocycles. The van der Waals surface area contributed by atoms with Crippen molar-refractivity contribution in [2.75, 3.05) is 24.9 Å². The van der Waals surface area contributed by atoms with Gasteiger partial charge < -0.3 is 14.8 Å². The first-order valence-electron chi connectivity index (χ1n) is 7.27. The number of aryl methyl sites for hydroxylation is 1. The van der Waals surface area contributed by atoms with E-state index in [1.807, 2.05) is 37.3 Å². The minimum Gasteiger partial charge on any atom is -0.493 e. The number of ether oxygens (including phenoxy) is 2. The summed E-state index contributed by atoms with van der Waals surface area (Å²) in [5, 5.41) is 6.12. The number of nitrogens with zero attached hydrogens (tertiary/aromatic N) is 1. The maximum Gasteiger partial charge on any atom is 0.325 e. The lowest BCUT2D eigenvalue weighted by Crippen LogP contribution is -2.19. The highest BCUT2D eigenvalue weighted by molar-refractivity contribution is 7.22. The molecule has 3 rings (SSSR count). The maximum atomic E-state index is 12.2. The van der Waals surface area contributed by atoms with Crippen LogP contribution in [-0.4, -0.2) is 25.2 Å². The molecule has 24 heavy (non-hydrogen) atoms. The molecule has 2 N–H and O–H groups in total. The topological polar surface area (TPSA) is 72.5 Å². The van der Waals surface area contributed by atoms with Crippen LogP contribution in [0, 0.1) is 6.92 Å². The van der Waals surface area contributed by atoms with E-state index in [-0.39, 0.29) is 6.03 Å². The molecular weight excluding hydrogens is 326 g/mol. The summed E-state index contributed by atoms with van der Waals surface area (Å²) in [6.45, 7) is 1.88. The van der Waals surface area contributed by atoms with Gasteiger partial charge in [-0.3, -0.25) is 5.32 Å². The van der Waals surface area contributed by atoms with Gasteiger partial charge in [0.1, 0.15) is 0 Å². The van der Waals surface area contributed by atoms with Crippen LogP contribution in [0.1, 0.15) is 5.56 Å². The van der Waals surface area contributed by atoms with E-state index in [9.17, 15) is 4.79 Å². The van der Waals surface area contributed by atoms with Crippen molar-refractivity contribution in [3.05, 3.63) is 42.0 Å². The maximum absolute atomic E-state index is 12.2. The fourth-order valence-corrected chi connectivity index (χ4v) is 3.15. The van der Waals surface area contributed by atoms with Crippen molar-refractivity contribution in [1.29, 1.82) is 0 Å². The number of methoxy groups -OCH3 is 2. The largest absolute Gasteiger partial charge is 0.493 e. The van der Waals surface area contributed by atoms with Crippen molar-refractivity contribution in [2.45, 2.75) is 6.92 Å². The molecule has 7 heteroatoms. The number of urea groups is 1. The van der Waals surface area contributed by atoms with Gasteiger partial charge >= 0.3 is 6.03 Å². The van der Waals surface area contributed by atoms with Crippen molar-refractivity contribution >= 4 is 38.4 Å². The third-order valence-electron chi connectivity index (χ3n) is 3.49. The number of carbonyl (C=O) groups is 1. The molecule has 0 saturated carbocycles. The van der Waals surface area contributed by atoms with Crippen molar-refractivity contribution in [3.63, 3.8) is 0 Å². The van der Waals surface area contributed by atoms with Gasteiger partial charge in [0, 0.05) is 11.8 Å². The Morgan fingerprint density at radius 2 is 1.79 bits per heavy atom. The van der Waals surface area contributed by atoms with Crippen LogP contribution in [0.4, 0.5) is 15.6 Å². The van der Waals surface area contributed by atoms with Gasteiger partial charge in [-0.05, 0) is 30.7 Å². The fourth-order valence-electron chi connectivity index (χ4n) is 2.29. The summed E-state index contributed by atoms with van der Waals surface area (Å²) in [4.78, 5) is 16.6. The van der Waals surface area contributed by atoms with Crippen LogP contribution in [-0.2, 0) is 0 Å². The summed E-state index contributed by atoms with van der Waals surface area (Å²) in [5.41, 5.74) is 2.37. The predicted molar refractivity (Wildman–Crippen MR) is 96.5 cm³/mol. The summed E-state index contributed by atoms with van der Waals surface area (Å²) >= 11 is 1.43. The van der Waals surface area contributed by atoms with E-state index in [4.69, 9.17) is 9.47 Å². The molecule has 1 aromatic heterocycles. The molecular formula is C17H17N3O3S. The lowest BCUT2D eigenvalue weighted by atomic mass is 10.1. The molecule has 0 spiro atoms. The van der Waals surface area contributed by atoms with Gasteiger partial charge in [0.15, 0.2) is 16.6 Å². The Bertz CT molecular complexity index is 859. The number of rotatable bonds is 4. The number of fused-ring (bicyclic) bond motifs is 1. The van der Waals surface area contributed by atoms with Crippen LogP contribution in [0.3, 0.4) is 0 Å². The standard InChI is InChI=1S/C17H17N3O3S/c1-10-8-13(22-2)14(23-3)9-12(10)18-16(21)20-17-19-11-6-4-5-7-15(11)24-17/h4-9H,1-3H3,(H2,18,19,20,21). The van der Waals surface area contributed by atoms with Crippen molar-refractivity contribution < 1.29 is 14.3 Å². The number of carbonyl (C=O) groups excluding carboxylic acids is 1. The average Bonchev–Trinajstić information content (AvgIpc) is 2.98. The number of aromatic nitrogens is 1. The van der Waals surface area contributed by atoms with Gasteiger partial charge in [-0.1, -0.05) is 23.5 Å². The van der Waals surface area contributed by atoms with Crippen LogP contribution in [0.2, 0.25) is 0 Å². The number of benzene rings is 2. The zero-order valence-electron chi connectivity index (χ0n) is 13.5. The Labute approximate surface area is 143 Å². The second-order valence-electron chi connectivity index (χ2n) is 5.09. The number of para-hydroxylation sites is 1. The first-order chi connectivity index (χ1) is 11.6. The summed E-state index contributed by atoms with van der Waals surface area (Å²) in [6.07, 6.45) is 0. The van der Waals surface area contributed by atoms with Crippen LogP contribution >= 0.6 is 11.3 Å². The van der Waals surface area contributed by atoms with Crippen LogP contribution in [0.25, 0.3) is 10.2 Å². The third kappa shape index (κ3) is 3.26. The van der Waals surface area contributed by atoms with Gasteiger partial charge in [-0.2, -0.15) is 0 Å². The minimum absolute atomic E-state index is 0.357. The van der Waals surface area contributed by atoms with E-state index in [1.54, 1.807) is 20.3 Å². The lowest BCUT2D eigenvalue weighted by molar-refractivity contribution is 0.262. The van der Waals surface area contributed by atoms with Gasteiger partial charge in [0.2, 0.25) is 0 Å². The highest BCUT2D eigenvalue weighted by Crippen LogP contribution is 2.33. The Morgan fingerprint density at radius 1 is 1.08 bits per heavy atom. The summed E-state index contributed by atoms with van der Waals surface area (Å²) < 4.78 is 11.5. The van der Waals surface area contributed by atoms with Gasteiger partial charge in [0.25, 0.3) is 0 Å². The number of thiazole rings is 1. The molecule has 2 aromatic carbocycles. The minimum atomic E-state index is -0.357. The van der Waals surface area contributed by atoms with Crippen molar-refractivity contribution in [3.8, 4) is 11.5 Å². The molecule has 1 heterocycles. The number of nitrogens with one attached hydrogen (secondary N) is 2. The van der Waals surface area contributed by atoms with Crippen LogP contribution in [0.5, 0.6) is 11.5 Å². The van der Waals surface area contributed by atoms with Crippen LogP contribution < -0.4 is 20.1 Å². The van der Waals surface area contributed by atoms with E-state index in [0.717, 1.165) is 15.8 Å². The molecule has 0 saturated heterocycles. The smallest absolute Gasteiger partial charge is 0.325 e. The molecule has 0 aliphatic rings. The second kappa shape index (κ2) is 6.76. The summed E-state index contributed by atoms with van der Waals surface area (Å²) in [6, 6.07) is 10.9. The summed E-state index contributed by atoms with van der Waals surface area (Å²) in [5.74, 6) is 1.17. The molecule has 0 radical (unpaired) electrons. The molecule has 124 valence electrons. The number of anilines is 2. The molecule has 2 amide bonds. The van der Waals surface area contributed by atoms with Gasteiger partial charge in [-0.25, -0.2) is 9.78 Å². The van der Waals surface area contributed by atoms with Crippen molar-refractivity contribution in [2.24, 2.45) is 0 Å². The molecule has 0 fully saturated rings. The van der Waals surface area contributed by atoms with E-state index >= 15 is 0 Å². The number of amides is 2. The molecule has 0 unspecified atom stereocenters.